The molecule has 5 rings (SSSR count). The Balaban J connectivity index is 1.28. The van der Waals surface area contributed by atoms with Crippen LogP contribution < -0.4 is 14.9 Å². The quantitative estimate of drug-likeness (QED) is 0.660. The van der Waals surface area contributed by atoms with E-state index in [4.69, 9.17) is 0 Å². The second kappa shape index (κ2) is 8.60. The summed E-state index contributed by atoms with van der Waals surface area (Å²) >= 11 is 0. The Morgan fingerprint density at radius 1 is 1.09 bits per heavy atom. The fourth-order valence-corrected chi connectivity index (χ4v) is 6.57. The zero-order chi connectivity index (χ0) is 23.2. The number of benzene rings is 2. The summed E-state index contributed by atoms with van der Waals surface area (Å²) in [5, 5.41) is 7.07. The normalized spacial score (nSPS) is 23.5. The van der Waals surface area contributed by atoms with E-state index in [2.05, 4.69) is 16.7 Å². The van der Waals surface area contributed by atoms with Crippen LogP contribution in [-0.4, -0.2) is 40.6 Å². The molecule has 3 aliphatic rings. The molecule has 0 radical (unpaired) electrons. The number of fused-ring (bicyclic) bond motifs is 1. The van der Waals surface area contributed by atoms with Crippen molar-refractivity contribution in [3.63, 3.8) is 0 Å². The Morgan fingerprint density at radius 2 is 1.88 bits per heavy atom. The number of nitrogens with zero attached hydrogens (tertiary/aromatic N) is 1. The molecule has 2 heterocycles. The van der Waals surface area contributed by atoms with Crippen molar-refractivity contribution in [3.8, 4) is 0 Å². The molecule has 33 heavy (non-hydrogen) atoms. The topological polar surface area (TPSA) is 61.4 Å². The number of sulfonamides is 1. The van der Waals surface area contributed by atoms with Crippen molar-refractivity contribution < 1.29 is 21.6 Å². The Hall–Kier alpha value is -2.10. The first-order valence-electron chi connectivity index (χ1n) is 11.5. The highest BCUT2D eigenvalue weighted by atomic mass is 32.2. The smallest absolute Gasteiger partial charge is 0.317 e. The van der Waals surface area contributed by atoms with Gasteiger partial charge >= 0.3 is 6.18 Å². The maximum Gasteiger partial charge on any atom is 0.416 e. The summed E-state index contributed by atoms with van der Waals surface area (Å²) in [6.45, 7) is 3.45. The molecule has 178 valence electrons. The summed E-state index contributed by atoms with van der Waals surface area (Å²) in [5.41, 5.74) is 1.74. The van der Waals surface area contributed by atoms with Gasteiger partial charge in [0.1, 0.15) is 0 Å². The lowest BCUT2D eigenvalue weighted by Crippen LogP contribution is -2.34. The van der Waals surface area contributed by atoms with E-state index in [9.17, 15) is 21.6 Å². The van der Waals surface area contributed by atoms with Crippen molar-refractivity contribution in [1.82, 2.24) is 10.6 Å². The lowest BCUT2D eigenvalue weighted by molar-refractivity contribution is -0.137. The van der Waals surface area contributed by atoms with Crippen LogP contribution in [0.4, 0.5) is 18.9 Å². The fraction of sp³-hybridized carbons (Fsp3) is 0.500. The number of hydrogen-bond acceptors (Lipinski definition) is 4. The third-order valence-corrected chi connectivity index (χ3v) is 8.86. The molecule has 1 aliphatic carbocycles. The van der Waals surface area contributed by atoms with Gasteiger partial charge in [0, 0.05) is 18.5 Å². The third-order valence-electron chi connectivity index (χ3n) is 7.05. The summed E-state index contributed by atoms with van der Waals surface area (Å²) < 4.78 is 66.7. The second-order valence-electron chi connectivity index (χ2n) is 9.29. The zero-order valence-electron chi connectivity index (χ0n) is 18.2. The Bertz CT molecular complexity index is 1130. The molecule has 0 aromatic heterocycles. The van der Waals surface area contributed by atoms with Crippen LogP contribution in [0.1, 0.15) is 41.9 Å². The summed E-state index contributed by atoms with van der Waals surface area (Å²) in [4.78, 5) is -0.335. The van der Waals surface area contributed by atoms with Crippen LogP contribution in [0, 0.1) is 5.92 Å². The van der Waals surface area contributed by atoms with Crippen molar-refractivity contribution in [3.05, 3.63) is 59.2 Å². The zero-order valence-corrected chi connectivity index (χ0v) is 19.1. The van der Waals surface area contributed by atoms with Gasteiger partial charge in [-0.15, -0.1) is 0 Å². The Labute approximate surface area is 192 Å². The van der Waals surface area contributed by atoms with Crippen LogP contribution in [0.2, 0.25) is 0 Å². The number of nitrogens with one attached hydrogen (secondary N) is 2. The number of piperidine rings is 1. The lowest BCUT2D eigenvalue weighted by Gasteiger charge is -2.23. The number of anilines is 1. The molecule has 2 fully saturated rings. The van der Waals surface area contributed by atoms with Gasteiger partial charge in [0.05, 0.1) is 16.1 Å². The van der Waals surface area contributed by atoms with E-state index in [-0.39, 0.29) is 11.4 Å². The van der Waals surface area contributed by atoms with Crippen molar-refractivity contribution in [2.24, 2.45) is 5.92 Å². The Kier molecular flexibility index (Phi) is 5.91. The number of halogens is 3. The highest BCUT2D eigenvalue weighted by Gasteiger charge is 2.40. The van der Waals surface area contributed by atoms with Gasteiger partial charge in [0.2, 0.25) is 0 Å². The average Bonchev–Trinajstić information content (AvgIpc) is 3.46. The first kappa shape index (κ1) is 22.7. The highest BCUT2D eigenvalue weighted by Crippen LogP contribution is 2.44. The average molecular weight is 480 g/mol. The maximum absolute atomic E-state index is 13.1. The number of rotatable bonds is 6. The monoisotopic (exact) mass is 479 g/mol. The number of alkyl halides is 3. The molecule has 2 aliphatic heterocycles. The van der Waals surface area contributed by atoms with Gasteiger partial charge in [0.15, 0.2) is 0 Å². The molecule has 0 spiro atoms. The van der Waals surface area contributed by atoms with Crippen LogP contribution in [0.3, 0.4) is 0 Å². The Morgan fingerprint density at radius 3 is 2.64 bits per heavy atom. The van der Waals surface area contributed by atoms with E-state index in [1.807, 2.05) is 12.1 Å². The molecule has 2 unspecified atom stereocenters. The van der Waals surface area contributed by atoms with Gasteiger partial charge in [-0.2, -0.15) is 13.2 Å². The van der Waals surface area contributed by atoms with E-state index in [0.29, 0.717) is 30.1 Å². The SMILES string of the molecule is O=S(=O)(c1cccc(C(F)(F)F)c1)N1CCc2cc(C3CC3NCC3CCNCC3)ccc21. The summed E-state index contributed by atoms with van der Waals surface area (Å²) in [6, 6.07) is 10.3. The standard InChI is InChI=1S/C24H28F3N3O2S/c25-24(26,27)19-2-1-3-20(13-19)33(31,32)30-11-8-18-12-17(4-5-23(18)30)21-14-22(21)29-15-16-6-9-28-10-7-16/h1-5,12-13,16,21-22,28-29H,6-11,14-15H2. The van der Waals surface area contributed by atoms with E-state index in [1.54, 1.807) is 0 Å². The van der Waals surface area contributed by atoms with Gasteiger partial charge < -0.3 is 10.6 Å². The van der Waals surface area contributed by atoms with Gasteiger partial charge in [-0.25, -0.2) is 8.42 Å². The highest BCUT2D eigenvalue weighted by molar-refractivity contribution is 7.92. The van der Waals surface area contributed by atoms with E-state index >= 15 is 0 Å². The molecule has 2 aromatic rings. The van der Waals surface area contributed by atoms with Crippen molar-refractivity contribution in [2.45, 2.75) is 48.7 Å². The predicted molar refractivity (Wildman–Crippen MR) is 121 cm³/mol. The largest absolute Gasteiger partial charge is 0.416 e. The van der Waals surface area contributed by atoms with Crippen LogP contribution >= 0.6 is 0 Å². The minimum Gasteiger partial charge on any atom is -0.317 e. The first-order valence-corrected chi connectivity index (χ1v) is 12.9. The number of hydrogen-bond donors (Lipinski definition) is 2. The fourth-order valence-electron chi connectivity index (χ4n) is 5.02. The molecular weight excluding hydrogens is 451 g/mol. The van der Waals surface area contributed by atoms with Gasteiger partial charge in [0.25, 0.3) is 10.0 Å². The molecule has 0 amide bonds. The van der Waals surface area contributed by atoms with Crippen molar-refractivity contribution in [1.29, 1.82) is 0 Å². The first-order chi connectivity index (χ1) is 15.7. The molecule has 1 saturated carbocycles. The molecule has 2 atom stereocenters. The maximum atomic E-state index is 13.1. The minimum atomic E-state index is -4.59. The van der Waals surface area contributed by atoms with Crippen LogP contribution in [0.25, 0.3) is 0 Å². The van der Waals surface area contributed by atoms with Crippen LogP contribution in [-0.2, 0) is 22.6 Å². The summed E-state index contributed by atoms with van der Waals surface area (Å²) in [7, 11) is -4.07. The molecule has 1 saturated heterocycles. The predicted octanol–water partition coefficient (Wildman–Crippen LogP) is 3.90. The molecule has 5 nitrogen and oxygen atoms in total. The molecule has 0 bridgehead atoms. The van der Waals surface area contributed by atoms with Gasteiger partial charge in [-0.3, -0.25) is 4.31 Å². The lowest BCUT2D eigenvalue weighted by atomic mass is 9.98. The van der Waals surface area contributed by atoms with Gasteiger partial charge in [-0.05, 0) is 86.6 Å². The van der Waals surface area contributed by atoms with Crippen LogP contribution in [0.15, 0.2) is 47.4 Å². The van der Waals surface area contributed by atoms with E-state index in [1.165, 1.54) is 28.8 Å². The van der Waals surface area contributed by atoms with Gasteiger partial charge in [-0.1, -0.05) is 18.2 Å². The molecule has 9 heteroatoms. The van der Waals surface area contributed by atoms with Crippen molar-refractivity contribution >= 4 is 15.7 Å². The molecule has 2 aromatic carbocycles. The molecular formula is C24H28F3N3O2S. The van der Waals surface area contributed by atoms with Crippen molar-refractivity contribution in [2.75, 3.05) is 30.5 Å². The third kappa shape index (κ3) is 4.63. The minimum absolute atomic E-state index is 0.236. The summed E-state index contributed by atoms with van der Waals surface area (Å²) in [6.07, 6.45) is -0.540. The van der Waals surface area contributed by atoms with Crippen LogP contribution in [0.5, 0.6) is 0 Å². The van der Waals surface area contributed by atoms with E-state index in [0.717, 1.165) is 49.7 Å². The van der Waals surface area contributed by atoms with E-state index < -0.39 is 21.8 Å². The molecule has 2 N–H and O–H groups in total. The second-order valence-corrected chi connectivity index (χ2v) is 11.2. The summed E-state index contributed by atoms with van der Waals surface area (Å²) in [5.74, 6) is 1.16.